The van der Waals surface area contributed by atoms with E-state index in [0.717, 1.165) is 22.1 Å². The lowest BCUT2D eigenvalue weighted by atomic mass is 10.1. The number of ether oxygens (including phenoxy) is 1. The van der Waals surface area contributed by atoms with Gasteiger partial charge in [-0.05, 0) is 24.5 Å². The molecule has 3 aromatic rings. The van der Waals surface area contributed by atoms with Crippen molar-refractivity contribution in [1.29, 1.82) is 0 Å². The fourth-order valence-electron chi connectivity index (χ4n) is 3.11. The van der Waals surface area contributed by atoms with Gasteiger partial charge in [0, 0.05) is 34.4 Å². The Labute approximate surface area is 157 Å². The van der Waals surface area contributed by atoms with Crippen LogP contribution in [0.5, 0.6) is 0 Å². The van der Waals surface area contributed by atoms with E-state index in [1.165, 1.54) is 11.6 Å². The molecule has 2 heterocycles. The first-order valence-electron chi connectivity index (χ1n) is 8.89. The average Bonchev–Trinajstić information content (AvgIpc) is 3.02. The Morgan fingerprint density at radius 2 is 1.89 bits per heavy atom. The third kappa shape index (κ3) is 3.52. The van der Waals surface area contributed by atoms with Crippen LogP contribution in [0.4, 0.5) is 5.95 Å². The number of hydrogen-bond acceptors (Lipinski definition) is 5. The van der Waals surface area contributed by atoms with Crippen molar-refractivity contribution in [1.82, 2.24) is 18.7 Å². The van der Waals surface area contributed by atoms with Gasteiger partial charge in [0.15, 0.2) is 11.2 Å². The Morgan fingerprint density at radius 3 is 2.59 bits per heavy atom. The zero-order valence-electron chi connectivity index (χ0n) is 16.2. The van der Waals surface area contributed by atoms with Gasteiger partial charge in [-0.1, -0.05) is 24.3 Å². The molecule has 1 N–H and O–H groups in total. The van der Waals surface area contributed by atoms with Crippen LogP contribution in [-0.2, 0) is 25.4 Å². The highest BCUT2D eigenvalue weighted by Gasteiger charge is 2.19. The van der Waals surface area contributed by atoms with Gasteiger partial charge in [0.25, 0.3) is 5.56 Å². The zero-order chi connectivity index (χ0) is 19.6. The minimum atomic E-state index is -0.390. The van der Waals surface area contributed by atoms with Crippen molar-refractivity contribution in [2.45, 2.75) is 19.9 Å². The van der Waals surface area contributed by atoms with Crippen LogP contribution in [0, 0.1) is 6.92 Å². The molecular formula is C19H25N5O3. The fourth-order valence-corrected chi connectivity index (χ4v) is 3.11. The summed E-state index contributed by atoms with van der Waals surface area (Å²) in [5.41, 5.74) is 2.28. The molecule has 0 saturated carbocycles. The largest absolute Gasteiger partial charge is 0.385 e. The summed E-state index contributed by atoms with van der Waals surface area (Å²) in [5, 5.41) is 3.28. The van der Waals surface area contributed by atoms with E-state index in [9.17, 15) is 9.59 Å². The van der Waals surface area contributed by atoms with Crippen molar-refractivity contribution in [3.63, 3.8) is 0 Å². The SMILES string of the molecule is COCCCNc1nc2c(c(=O)n(C)c(=O)n2C)n1Cc1ccccc1C. The van der Waals surface area contributed by atoms with E-state index < -0.39 is 0 Å². The second kappa shape index (κ2) is 7.79. The third-order valence-corrected chi connectivity index (χ3v) is 4.75. The van der Waals surface area contributed by atoms with E-state index >= 15 is 0 Å². The van der Waals surface area contributed by atoms with Gasteiger partial charge in [-0.25, -0.2) is 4.79 Å². The van der Waals surface area contributed by atoms with Gasteiger partial charge < -0.3 is 10.1 Å². The predicted octanol–water partition coefficient (Wildman–Crippen LogP) is 1.24. The maximum atomic E-state index is 12.8. The molecule has 0 aliphatic heterocycles. The molecule has 8 heteroatoms. The molecule has 0 aliphatic rings. The Morgan fingerprint density at radius 1 is 1.15 bits per heavy atom. The number of rotatable bonds is 7. The number of aromatic nitrogens is 4. The number of nitrogens with one attached hydrogen (secondary N) is 1. The van der Waals surface area contributed by atoms with Gasteiger partial charge in [-0.2, -0.15) is 4.98 Å². The minimum Gasteiger partial charge on any atom is -0.385 e. The molecule has 0 aliphatic carbocycles. The maximum Gasteiger partial charge on any atom is 0.332 e. The number of aryl methyl sites for hydroxylation is 2. The summed E-state index contributed by atoms with van der Waals surface area (Å²) < 4.78 is 9.46. The number of imidazole rings is 1. The highest BCUT2D eigenvalue weighted by atomic mass is 16.5. The van der Waals surface area contributed by atoms with Crippen molar-refractivity contribution in [3.8, 4) is 0 Å². The molecule has 0 bridgehead atoms. The zero-order valence-corrected chi connectivity index (χ0v) is 16.2. The molecule has 0 atom stereocenters. The molecule has 0 unspecified atom stereocenters. The van der Waals surface area contributed by atoms with Gasteiger partial charge in [-0.3, -0.25) is 18.5 Å². The van der Waals surface area contributed by atoms with Gasteiger partial charge in [0.1, 0.15) is 0 Å². The number of fused-ring (bicyclic) bond motifs is 1. The monoisotopic (exact) mass is 371 g/mol. The van der Waals surface area contributed by atoms with E-state index in [1.54, 1.807) is 14.2 Å². The number of methoxy groups -OCH3 is 1. The van der Waals surface area contributed by atoms with E-state index in [0.29, 0.717) is 36.8 Å². The standard InChI is InChI=1S/C19H25N5O3/c1-13-8-5-6-9-14(13)12-24-15-16(21-18(24)20-10-7-11-27-4)22(2)19(26)23(3)17(15)25/h5-6,8-9H,7,10-12H2,1-4H3,(H,20,21). The van der Waals surface area contributed by atoms with E-state index in [2.05, 4.69) is 10.3 Å². The summed E-state index contributed by atoms with van der Waals surface area (Å²) in [7, 11) is 4.78. The van der Waals surface area contributed by atoms with E-state index in [4.69, 9.17) is 4.74 Å². The minimum absolute atomic E-state index is 0.348. The predicted molar refractivity (Wildman–Crippen MR) is 105 cm³/mol. The summed E-state index contributed by atoms with van der Waals surface area (Å²) >= 11 is 0. The molecule has 0 radical (unpaired) electrons. The number of hydrogen-bond donors (Lipinski definition) is 1. The van der Waals surface area contributed by atoms with Crippen molar-refractivity contribution >= 4 is 17.1 Å². The first-order chi connectivity index (χ1) is 13.0. The lowest BCUT2D eigenvalue weighted by Gasteiger charge is -2.12. The van der Waals surface area contributed by atoms with Gasteiger partial charge in [0.2, 0.25) is 5.95 Å². The van der Waals surface area contributed by atoms with Crippen molar-refractivity contribution in [2.24, 2.45) is 14.1 Å². The van der Waals surface area contributed by atoms with Crippen molar-refractivity contribution < 1.29 is 4.74 Å². The van der Waals surface area contributed by atoms with Crippen LogP contribution in [-0.4, -0.2) is 38.9 Å². The van der Waals surface area contributed by atoms with Crippen LogP contribution in [0.1, 0.15) is 17.5 Å². The Balaban J connectivity index is 2.16. The topological polar surface area (TPSA) is 83.1 Å². The summed E-state index contributed by atoms with van der Waals surface area (Å²) in [5.74, 6) is 0.572. The second-order valence-corrected chi connectivity index (χ2v) is 6.60. The van der Waals surface area contributed by atoms with Gasteiger partial charge in [0.05, 0.1) is 6.54 Å². The first kappa shape index (κ1) is 18.9. The normalized spacial score (nSPS) is 11.3. The molecule has 0 amide bonds. The lowest BCUT2D eigenvalue weighted by Crippen LogP contribution is -2.37. The number of anilines is 1. The summed E-state index contributed by atoms with van der Waals surface area (Å²) in [6.07, 6.45) is 0.807. The van der Waals surface area contributed by atoms with Crippen LogP contribution in [0.25, 0.3) is 11.2 Å². The molecule has 27 heavy (non-hydrogen) atoms. The van der Waals surface area contributed by atoms with Crippen LogP contribution in [0.2, 0.25) is 0 Å². The molecule has 2 aromatic heterocycles. The number of benzene rings is 1. The molecule has 1 aromatic carbocycles. The van der Waals surface area contributed by atoms with Crippen LogP contribution in [0.3, 0.4) is 0 Å². The Hall–Kier alpha value is -2.87. The third-order valence-electron chi connectivity index (χ3n) is 4.75. The Bertz CT molecular complexity index is 1080. The average molecular weight is 371 g/mol. The molecule has 144 valence electrons. The van der Waals surface area contributed by atoms with E-state index in [-0.39, 0.29) is 11.2 Å². The summed E-state index contributed by atoms with van der Waals surface area (Å²) in [4.78, 5) is 29.7. The van der Waals surface area contributed by atoms with Crippen molar-refractivity contribution in [3.05, 3.63) is 56.2 Å². The smallest absolute Gasteiger partial charge is 0.332 e. The highest BCUT2D eigenvalue weighted by Crippen LogP contribution is 2.19. The van der Waals surface area contributed by atoms with E-state index in [1.807, 2.05) is 35.8 Å². The molecular weight excluding hydrogens is 346 g/mol. The Kier molecular flexibility index (Phi) is 5.46. The molecule has 3 rings (SSSR count). The fraction of sp³-hybridized carbons (Fsp3) is 0.421. The summed E-state index contributed by atoms with van der Waals surface area (Å²) in [6.45, 7) is 3.81. The van der Waals surface area contributed by atoms with Gasteiger partial charge in [-0.15, -0.1) is 0 Å². The lowest BCUT2D eigenvalue weighted by molar-refractivity contribution is 0.197. The first-order valence-corrected chi connectivity index (χ1v) is 8.89. The van der Waals surface area contributed by atoms with Gasteiger partial charge >= 0.3 is 5.69 Å². The number of nitrogens with zero attached hydrogens (tertiary/aromatic N) is 4. The summed E-state index contributed by atoms with van der Waals surface area (Å²) in [6, 6.07) is 8.02. The molecule has 0 fully saturated rings. The molecule has 0 spiro atoms. The molecule has 0 saturated heterocycles. The maximum absolute atomic E-state index is 12.8. The van der Waals surface area contributed by atoms with Crippen molar-refractivity contribution in [2.75, 3.05) is 25.6 Å². The molecule has 8 nitrogen and oxygen atoms in total. The van der Waals surface area contributed by atoms with Crippen LogP contribution < -0.4 is 16.6 Å². The quantitative estimate of drug-likeness (QED) is 0.632. The highest BCUT2D eigenvalue weighted by molar-refractivity contribution is 5.74. The van der Waals surface area contributed by atoms with Crippen LogP contribution >= 0.6 is 0 Å². The van der Waals surface area contributed by atoms with Crippen LogP contribution in [0.15, 0.2) is 33.9 Å². The second-order valence-electron chi connectivity index (χ2n) is 6.60.